The highest BCUT2D eigenvalue weighted by atomic mass is 35.5. The second-order valence-corrected chi connectivity index (χ2v) is 4.60. The third-order valence-corrected chi connectivity index (χ3v) is 2.86. The van der Waals surface area contributed by atoms with Crippen LogP contribution in [0, 0.1) is 0 Å². The summed E-state index contributed by atoms with van der Waals surface area (Å²) in [5, 5.41) is 0. The fraction of sp³-hybridized carbons (Fsp3) is 0.429. The van der Waals surface area contributed by atoms with Gasteiger partial charge in [0.25, 0.3) is 0 Å². The largest absolute Gasteiger partial charge is 0.516 e. The van der Waals surface area contributed by atoms with Gasteiger partial charge in [0.05, 0.1) is 12.0 Å². The van der Waals surface area contributed by atoms with E-state index in [0.29, 0.717) is 6.54 Å². The molecule has 0 aromatic heterocycles. The second-order valence-electron chi connectivity index (χ2n) is 4.60. The van der Waals surface area contributed by atoms with Crippen LogP contribution in [0.3, 0.4) is 0 Å². The Kier molecular flexibility index (Phi) is 7.24. The van der Waals surface area contributed by atoms with E-state index in [2.05, 4.69) is 9.47 Å². The highest BCUT2D eigenvalue weighted by molar-refractivity contribution is 5.89. The van der Waals surface area contributed by atoms with Crippen LogP contribution < -0.4 is 5.73 Å². The van der Waals surface area contributed by atoms with Gasteiger partial charge in [-0.05, 0) is 31.9 Å². The van der Waals surface area contributed by atoms with Crippen molar-refractivity contribution in [3.05, 3.63) is 35.4 Å². The second kappa shape index (κ2) is 7.87. The van der Waals surface area contributed by atoms with E-state index in [1.54, 1.807) is 32.9 Å². The average molecular weight is 302 g/mol. The molecule has 0 aliphatic rings. The van der Waals surface area contributed by atoms with Gasteiger partial charge in [-0.2, -0.15) is 0 Å². The lowest BCUT2D eigenvalue weighted by atomic mass is 9.84. The molecule has 5 nitrogen and oxygen atoms in total. The number of nitrogens with two attached hydrogens (primary N) is 1. The van der Waals surface area contributed by atoms with Crippen molar-refractivity contribution in [1.82, 2.24) is 0 Å². The average Bonchev–Trinajstić information content (AvgIpc) is 2.39. The zero-order valence-corrected chi connectivity index (χ0v) is 12.7. The first-order valence-electron chi connectivity index (χ1n) is 6.10. The molecule has 0 spiro atoms. The Balaban J connectivity index is 0.00000361. The van der Waals surface area contributed by atoms with Crippen LogP contribution in [0.1, 0.15) is 31.9 Å². The summed E-state index contributed by atoms with van der Waals surface area (Å²) in [6.45, 7) is 5.62. The van der Waals surface area contributed by atoms with E-state index < -0.39 is 17.5 Å². The van der Waals surface area contributed by atoms with Crippen LogP contribution in [0.2, 0.25) is 0 Å². The molecule has 0 aliphatic heterocycles. The SMILES string of the molecule is CCOC(=O)OC(=O)C(C)(C)c1ccc(CN)cc1.Cl. The molecule has 20 heavy (non-hydrogen) atoms. The van der Waals surface area contributed by atoms with Crippen LogP contribution in [0.5, 0.6) is 0 Å². The van der Waals surface area contributed by atoms with Crippen LogP contribution in [-0.4, -0.2) is 18.7 Å². The summed E-state index contributed by atoms with van der Waals surface area (Å²) in [7, 11) is 0. The minimum atomic E-state index is -0.973. The van der Waals surface area contributed by atoms with Crippen molar-refractivity contribution in [2.75, 3.05) is 6.61 Å². The predicted octanol–water partition coefficient (Wildman–Crippen LogP) is 2.54. The number of halogens is 1. The van der Waals surface area contributed by atoms with Crippen molar-refractivity contribution < 1.29 is 19.1 Å². The van der Waals surface area contributed by atoms with Crippen molar-refractivity contribution >= 4 is 24.5 Å². The predicted molar refractivity (Wildman–Crippen MR) is 77.7 cm³/mol. The molecule has 1 rings (SSSR count). The third kappa shape index (κ3) is 4.51. The van der Waals surface area contributed by atoms with Gasteiger partial charge < -0.3 is 15.2 Å². The van der Waals surface area contributed by atoms with E-state index in [0.717, 1.165) is 11.1 Å². The van der Waals surface area contributed by atoms with Gasteiger partial charge in [0.1, 0.15) is 0 Å². The summed E-state index contributed by atoms with van der Waals surface area (Å²) in [6, 6.07) is 7.28. The van der Waals surface area contributed by atoms with E-state index in [1.165, 1.54) is 0 Å². The molecule has 0 atom stereocenters. The van der Waals surface area contributed by atoms with Crippen LogP contribution in [0.4, 0.5) is 4.79 Å². The molecule has 0 bridgehead atoms. The fourth-order valence-electron chi connectivity index (χ4n) is 1.53. The van der Waals surface area contributed by atoms with Gasteiger partial charge in [0.15, 0.2) is 0 Å². The molecule has 6 heteroatoms. The Hall–Kier alpha value is -1.59. The molecular formula is C14H20ClNO4. The molecule has 0 saturated heterocycles. The molecule has 0 aliphatic carbocycles. The van der Waals surface area contributed by atoms with Gasteiger partial charge in [-0.15, -0.1) is 12.4 Å². The van der Waals surface area contributed by atoms with Crippen LogP contribution in [-0.2, 0) is 26.2 Å². The minimum Gasteiger partial charge on any atom is -0.434 e. The van der Waals surface area contributed by atoms with Crippen LogP contribution >= 0.6 is 12.4 Å². The maximum Gasteiger partial charge on any atom is 0.516 e. The van der Waals surface area contributed by atoms with Crippen molar-refractivity contribution in [3.8, 4) is 0 Å². The zero-order chi connectivity index (χ0) is 14.5. The molecule has 1 aromatic carbocycles. The Morgan fingerprint density at radius 3 is 2.20 bits per heavy atom. The molecule has 0 heterocycles. The number of benzene rings is 1. The van der Waals surface area contributed by atoms with Crippen molar-refractivity contribution in [2.45, 2.75) is 32.7 Å². The number of hydrogen-bond acceptors (Lipinski definition) is 5. The Labute approximate surface area is 124 Å². The standard InChI is InChI=1S/C14H19NO4.ClH/c1-4-18-13(17)19-12(16)14(2,3)11-7-5-10(9-15)6-8-11;/h5-8H,4,9,15H2,1-3H3;1H. The Morgan fingerprint density at radius 1 is 1.20 bits per heavy atom. The number of rotatable bonds is 4. The minimum absolute atomic E-state index is 0. The molecule has 0 amide bonds. The van der Waals surface area contributed by atoms with Gasteiger partial charge in [0.2, 0.25) is 0 Å². The Bertz CT molecular complexity index is 457. The quantitative estimate of drug-likeness (QED) is 0.683. The van der Waals surface area contributed by atoms with E-state index >= 15 is 0 Å². The van der Waals surface area contributed by atoms with E-state index in [4.69, 9.17) is 5.73 Å². The monoisotopic (exact) mass is 301 g/mol. The molecule has 0 unspecified atom stereocenters. The van der Waals surface area contributed by atoms with E-state index in [-0.39, 0.29) is 19.0 Å². The van der Waals surface area contributed by atoms with Gasteiger partial charge in [-0.1, -0.05) is 24.3 Å². The van der Waals surface area contributed by atoms with Crippen molar-refractivity contribution in [3.63, 3.8) is 0 Å². The molecule has 0 saturated carbocycles. The number of carbonyl (C=O) groups is 2. The number of hydrogen-bond donors (Lipinski definition) is 1. The number of ether oxygens (including phenoxy) is 2. The van der Waals surface area contributed by atoms with Gasteiger partial charge >= 0.3 is 12.1 Å². The molecule has 0 fully saturated rings. The summed E-state index contributed by atoms with van der Waals surface area (Å²) in [4.78, 5) is 23.1. The number of carbonyl (C=O) groups excluding carboxylic acids is 2. The van der Waals surface area contributed by atoms with Gasteiger partial charge in [0, 0.05) is 6.54 Å². The van der Waals surface area contributed by atoms with E-state index in [1.807, 2.05) is 12.1 Å². The first-order chi connectivity index (χ1) is 8.91. The topological polar surface area (TPSA) is 78.6 Å². The highest BCUT2D eigenvalue weighted by Crippen LogP contribution is 2.25. The van der Waals surface area contributed by atoms with Crippen molar-refractivity contribution in [1.29, 1.82) is 0 Å². The summed E-state index contributed by atoms with van der Waals surface area (Å²) < 4.78 is 9.22. The fourth-order valence-corrected chi connectivity index (χ4v) is 1.53. The molecular weight excluding hydrogens is 282 g/mol. The van der Waals surface area contributed by atoms with Gasteiger partial charge in [-0.25, -0.2) is 4.79 Å². The molecule has 0 radical (unpaired) electrons. The summed E-state index contributed by atoms with van der Waals surface area (Å²) in [5.41, 5.74) is 6.30. The zero-order valence-electron chi connectivity index (χ0n) is 11.8. The van der Waals surface area contributed by atoms with Crippen LogP contribution in [0.25, 0.3) is 0 Å². The summed E-state index contributed by atoms with van der Waals surface area (Å²) in [5.74, 6) is -0.647. The highest BCUT2D eigenvalue weighted by Gasteiger charge is 2.33. The van der Waals surface area contributed by atoms with Crippen LogP contribution in [0.15, 0.2) is 24.3 Å². The normalized spacial score (nSPS) is 10.4. The smallest absolute Gasteiger partial charge is 0.434 e. The summed E-state index contributed by atoms with van der Waals surface area (Å²) in [6.07, 6.45) is -0.973. The third-order valence-electron chi connectivity index (χ3n) is 2.86. The lowest BCUT2D eigenvalue weighted by Gasteiger charge is -2.22. The lowest BCUT2D eigenvalue weighted by molar-refractivity contribution is -0.145. The first kappa shape index (κ1) is 18.4. The Morgan fingerprint density at radius 2 is 1.75 bits per heavy atom. The maximum absolute atomic E-state index is 12.0. The molecule has 1 aromatic rings. The summed E-state index contributed by atoms with van der Waals surface area (Å²) >= 11 is 0. The van der Waals surface area contributed by atoms with E-state index in [9.17, 15) is 9.59 Å². The molecule has 2 N–H and O–H groups in total. The first-order valence-corrected chi connectivity index (χ1v) is 6.10. The lowest BCUT2D eigenvalue weighted by Crippen LogP contribution is -2.33. The van der Waals surface area contributed by atoms with Gasteiger partial charge in [-0.3, -0.25) is 4.79 Å². The maximum atomic E-state index is 12.0. The van der Waals surface area contributed by atoms with Crippen molar-refractivity contribution in [2.24, 2.45) is 5.73 Å². The number of esters is 1. The molecule has 112 valence electrons.